The Labute approximate surface area is 104 Å². The number of hydrogen-bond acceptors (Lipinski definition) is 3. The topological polar surface area (TPSA) is 44.1 Å². The third kappa shape index (κ3) is 2.48. The van der Waals surface area contributed by atoms with Crippen LogP contribution in [0.5, 0.6) is 0 Å². The first-order valence-electron chi connectivity index (χ1n) is 5.68. The lowest BCUT2D eigenvalue weighted by molar-refractivity contribution is -0.0116. The number of nitriles is 1. The number of anilines is 1. The first-order valence-corrected chi connectivity index (χ1v) is 5.68. The third-order valence-electron chi connectivity index (χ3n) is 3.01. The second kappa shape index (κ2) is 4.73. The van der Waals surface area contributed by atoms with Gasteiger partial charge >= 0.3 is 0 Å². The highest BCUT2D eigenvalue weighted by atomic mass is 19.3. The van der Waals surface area contributed by atoms with Gasteiger partial charge in [-0.15, -0.1) is 0 Å². The van der Waals surface area contributed by atoms with Crippen LogP contribution in [0.2, 0.25) is 0 Å². The van der Waals surface area contributed by atoms with Gasteiger partial charge < -0.3 is 4.90 Å². The summed E-state index contributed by atoms with van der Waals surface area (Å²) in [6.45, 7) is 0.132. The number of benzene rings is 1. The second-order valence-corrected chi connectivity index (χ2v) is 4.39. The van der Waals surface area contributed by atoms with Crippen LogP contribution in [0.15, 0.2) is 18.2 Å². The standard InChI is InChI=1S/C13H12F2N2O/c14-13(15)4-1-5-17(9-13)12-3-2-10(8-18)6-11(12)7-16/h2-3,6,8H,1,4-5,9H2. The minimum atomic E-state index is -2.71. The fourth-order valence-electron chi connectivity index (χ4n) is 2.16. The molecule has 0 aliphatic carbocycles. The SMILES string of the molecule is N#Cc1cc(C=O)ccc1N1CCCC(F)(F)C1. The molecule has 0 saturated carbocycles. The van der Waals surface area contributed by atoms with Gasteiger partial charge in [0.1, 0.15) is 12.4 Å². The number of nitrogens with zero attached hydrogens (tertiary/aromatic N) is 2. The molecule has 94 valence electrons. The molecule has 0 amide bonds. The zero-order valence-corrected chi connectivity index (χ0v) is 9.70. The van der Waals surface area contributed by atoms with Crippen LogP contribution in [0.3, 0.4) is 0 Å². The van der Waals surface area contributed by atoms with Crippen LogP contribution < -0.4 is 4.90 Å². The van der Waals surface area contributed by atoms with E-state index in [1.54, 1.807) is 6.07 Å². The molecule has 3 nitrogen and oxygen atoms in total. The number of rotatable bonds is 2. The number of hydrogen-bond donors (Lipinski definition) is 0. The van der Waals surface area contributed by atoms with Gasteiger partial charge in [-0.3, -0.25) is 4.79 Å². The molecule has 1 aliphatic heterocycles. The quantitative estimate of drug-likeness (QED) is 0.758. The number of carbonyl (C=O) groups excluding carboxylic acids is 1. The Morgan fingerprint density at radius 1 is 1.44 bits per heavy atom. The maximum absolute atomic E-state index is 13.3. The van der Waals surface area contributed by atoms with E-state index in [-0.39, 0.29) is 18.5 Å². The lowest BCUT2D eigenvalue weighted by Gasteiger charge is -2.34. The van der Waals surface area contributed by atoms with Crippen LogP contribution in [0.25, 0.3) is 0 Å². The van der Waals surface area contributed by atoms with Gasteiger partial charge in [0.2, 0.25) is 0 Å². The van der Waals surface area contributed by atoms with Gasteiger partial charge in [-0.1, -0.05) is 0 Å². The van der Waals surface area contributed by atoms with Crippen LogP contribution in [0.1, 0.15) is 28.8 Å². The third-order valence-corrected chi connectivity index (χ3v) is 3.01. The van der Waals surface area contributed by atoms with Gasteiger partial charge in [0.15, 0.2) is 0 Å². The van der Waals surface area contributed by atoms with E-state index in [2.05, 4.69) is 0 Å². The summed E-state index contributed by atoms with van der Waals surface area (Å²) in [6, 6.07) is 6.47. The Hall–Kier alpha value is -1.96. The van der Waals surface area contributed by atoms with Gasteiger partial charge in [0.25, 0.3) is 5.92 Å². The highest BCUT2D eigenvalue weighted by molar-refractivity contribution is 5.78. The van der Waals surface area contributed by atoms with Crippen molar-refractivity contribution in [3.05, 3.63) is 29.3 Å². The molecule has 0 unspecified atom stereocenters. The molecule has 5 heteroatoms. The van der Waals surface area contributed by atoms with Crippen LogP contribution >= 0.6 is 0 Å². The van der Waals surface area contributed by atoms with Gasteiger partial charge in [-0.2, -0.15) is 5.26 Å². The molecule has 0 radical (unpaired) electrons. The normalized spacial score (nSPS) is 18.2. The zero-order chi connectivity index (χ0) is 13.2. The Morgan fingerprint density at radius 2 is 2.22 bits per heavy atom. The largest absolute Gasteiger partial charge is 0.364 e. The molecule has 0 spiro atoms. The number of piperidine rings is 1. The number of aldehydes is 1. The minimum Gasteiger partial charge on any atom is -0.364 e. The molecular weight excluding hydrogens is 238 g/mol. The number of alkyl halides is 2. The molecule has 1 heterocycles. The number of halogens is 2. The average Bonchev–Trinajstić information content (AvgIpc) is 2.36. The van der Waals surface area contributed by atoms with E-state index in [9.17, 15) is 13.6 Å². The molecule has 18 heavy (non-hydrogen) atoms. The summed E-state index contributed by atoms with van der Waals surface area (Å²) in [5.41, 5.74) is 1.11. The Bertz CT molecular complexity index is 508. The molecule has 1 fully saturated rings. The first-order chi connectivity index (χ1) is 8.55. The van der Waals surface area contributed by atoms with Crippen molar-refractivity contribution in [2.24, 2.45) is 0 Å². The van der Waals surface area contributed by atoms with Gasteiger partial charge in [-0.25, -0.2) is 8.78 Å². The van der Waals surface area contributed by atoms with E-state index in [4.69, 9.17) is 5.26 Å². The summed E-state index contributed by atoms with van der Waals surface area (Å²) in [5.74, 6) is -2.71. The van der Waals surface area contributed by atoms with Crippen LogP contribution in [-0.4, -0.2) is 25.3 Å². The van der Waals surface area contributed by atoms with E-state index < -0.39 is 5.92 Å². The molecular formula is C13H12F2N2O. The van der Waals surface area contributed by atoms with E-state index >= 15 is 0 Å². The molecule has 0 aromatic heterocycles. The summed E-state index contributed by atoms with van der Waals surface area (Å²) in [5, 5.41) is 9.02. The Balaban J connectivity index is 2.33. The molecule has 0 bridgehead atoms. The molecule has 1 aromatic rings. The van der Waals surface area contributed by atoms with Crippen molar-refractivity contribution in [3.63, 3.8) is 0 Å². The fourth-order valence-corrected chi connectivity index (χ4v) is 2.16. The van der Waals surface area contributed by atoms with Crippen LogP contribution in [0.4, 0.5) is 14.5 Å². The Morgan fingerprint density at radius 3 is 2.83 bits per heavy atom. The van der Waals surface area contributed by atoms with Gasteiger partial charge in [0, 0.05) is 18.5 Å². The Kier molecular flexibility index (Phi) is 3.28. The summed E-state index contributed by atoms with van der Waals surface area (Å²) < 4.78 is 26.7. The van der Waals surface area contributed by atoms with E-state index in [1.807, 2.05) is 6.07 Å². The summed E-state index contributed by atoms with van der Waals surface area (Å²) in [6.07, 6.45) is 0.917. The van der Waals surface area contributed by atoms with Crippen molar-refractivity contribution in [1.82, 2.24) is 0 Å². The molecule has 1 aliphatic rings. The zero-order valence-electron chi connectivity index (χ0n) is 9.70. The van der Waals surface area contributed by atoms with Crippen LogP contribution in [-0.2, 0) is 0 Å². The molecule has 1 saturated heterocycles. The maximum Gasteiger partial charge on any atom is 0.265 e. The van der Waals surface area contributed by atoms with Crippen molar-refractivity contribution in [2.45, 2.75) is 18.8 Å². The highest BCUT2D eigenvalue weighted by Crippen LogP contribution is 2.31. The van der Waals surface area contributed by atoms with Crippen molar-refractivity contribution in [2.75, 3.05) is 18.0 Å². The van der Waals surface area contributed by atoms with E-state index in [0.717, 1.165) is 0 Å². The molecule has 0 N–H and O–H groups in total. The first kappa shape index (κ1) is 12.5. The van der Waals surface area contributed by atoms with E-state index in [0.29, 0.717) is 30.5 Å². The van der Waals surface area contributed by atoms with Crippen molar-refractivity contribution in [3.8, 4) is 6.07 Å². The number of carbonyl (C=O) groups is 1. The lowest BCUT2D eigenvalue weighted by Crippen LogP contribution is -2.42. The summed E-state index contributed by atoms with van der Waals surface area (Å²) in [4.78, 5) is 12.1. The van der Waals surface area contributed by atoms with Gasteiger partial charge in [-0.05, 0) is 24.6 Å². The molecule has 2 rings (SSSR count). The maximum atomic E-state index is 13.3. The predicted molar refractivity (Wildman–Crippen MR) is 62.9 cm³/mol. The monoisotopic (exact) mass is 250 g/mol. The van der Waals surface area contributed by atoms with E-state index in [1.165, 1.54) is 17.0 Å². The molecule has 0 atom stereocenters. The fraction of sp³-hybridized carbons (Fsp3) is 0.385. The van der Waals surface area contributed by atoms with Gasteiger partial charge in [0.05, 0.1) is 17.8 Å². The highest BCUT2D eigenvalue weighted by Gasteiger charge is 2.35. The summed E-state index contributed by atoms with van der Waals surface area (Å²) >= 11 is 0. The van der Waals surface area contributed by atoms with Crippen molar-refractivity contribution >= 4 is 12.0 Å². The average molecular weight is 250 g/mol. The van der Waals surface area contributed by atoms with Crippen molar-refractivity contribution < 1.29 is 13.6 Å². The summed E-state index contributed by atoms with van der Waals surface area (Å²) in [7, 11) is 0. The lowest BCUT2D eigenvalue weighted by atomic mass is 10.0. The van der Waals surface area contributed by atoms with Crippen molar-refractivity contribution in [1.29, 1.82) is 5.26 Å². The minimum absolute atomic E-state index is 0.113. The second-order valence-electron chi connectivity index (χ2n) is 4.39. The smallest absolute Gasteiger partial charge is 0.265 e. The van der Waals surface area contributed by atoms with Crippen LogP contribution in [0, 0.1) is 11.3 Å². The predicted octanol–water partition coefficient (Wildman–Crippen LogP) is 2.61. The molecule has 1 aromatic carbocycles.